The summed E-state index contributed by atoms with van der Waals surface area (Å²) in [6.07, 6.45) is 1.84. The maximum absolute atomic E-state index is 14.1. The van der Waals surface area contributed by atoms with Crippen LogP contribution in [0.1, 0.15) is 28.9 Å². The van der Waals surface area contributed by atoms with Gasteiger partial charge in [0, 0.05) is 22.0 Å². The number of fused-ring (bicyclic) bond motifs is 1. The molecule has 0 unspecified atom stereocenters. The maximum atomic E-state index is 14.1. The van der Waals surface area contributed by atoms with E-state index in [1.54, 1.807) is 23.1 Å². The Labute approximate surface area is 150 Å². The SMILES string of the molecule is O=C(c1ccc2ccccc2n1)N(Cc1c(F)cccc1Cl)C1CC1. The number of amides is 1. The molecule has 0 radical (unpaired) electrons. The van der Waals surface area contributed by atoms with Gasteiger partial charge in [-0.3, -0.25) is 4.79 Å². The van der Waals surface area contributed by atoms with Crippen molar-refractivity contribution in [2.45, 2.75) is 25.4 Å². The lowest BCUT2D eigenvalue weighted by molar-refractivity contribution is 0.0723. The van der Waals surface area contributed by atoms with Gasteiger partial charge < -0.3 is 4.90 Å². The first-order valence-electron chi connectivity index (χ1n) is 8.23. The third-order valence-corrected chi connectivity index (χ3v) is 4.81. The molecule has 0 saturated heterocycles. The quantitative estimate of drug-likeness (QED) is 0.672. The minimum Gasteiger partial charge on any atom is -0.330 e. The van der Waals surface area contributed by atoms with Gasteiger partial charge in [-0.1, -0.05) is 41.9 Å². The fourth-order valence-corrected chi connectivity index (χ4v) is 3.16. The van der Waals surface area contributed by atoms with Crippen molar-refractivity contribution in [2.75, 3.05) is 0 Å². The lowest BCUT2D eigenvalue weighted by Gasteiger charge is -2.23. The van der Waals surface area contributed by atoms with Crippen LogP contribution in [-0.4, -0.2) is 21.8 Å². The van der Waals surface area contributed by atoms with Gasteiger partial charge in [0.1, 0.15) is 11.5 Å². The minimum atomic E-state index is -0.391. The van der Waals surface area contributed by atoms with Gasteiger partial charge >= 0.3 is 0 Å². The highest BCUT2D eigenvalue weighted by atomic mass is 35.5. The second-order valence-electron chi connectivity index (χ2n) is 6.25. The van der Waals surface area contributed by atoms with E-state index in [4.69, 9.17) is 11.6 Å². The van der Waals surface area contributed by atoms with Crippen molar-refractivity contribution in [1.29, 1.82) is 0 Å². The topological polar surface area (TPSA) is 33.2 Å². The predicted molar refractivity (Wildman–Crippen MR) is 96.0 cm³/mol. The summed E-state index contributed by atoms with van der Waals surface area (Å²) >= 11 is 6.13. The molecule has 2 aromatic carbocycles. The van der Waals surface area contributed by atoms with Gasteiger partial charge in [-0.15, -0.1) is 0 Å². The second kappa shape index (κ2) is 6.45. The van der Waals surface area contributed by atoms with Crippen molar-refractivity contribution in [3.63, 3.8) is 0 Å². The summed E-state index contributed by atoms with van der Waals surface area (Å²) in [6, 6.07) is 16.0. The van der Waals surface area contributed by atoms with E-state index in [-0.39, 0.29) is 18.5 Å². The zero-order chi connectivity index (χ0) is 17.4. The van der Waals surface area contributed by atoms with E-state index in [1.807, 2.05) is 30.3 Å². The molecule has 1 aliphatic rings. The Morgan fingerprint density at radius 1 is 1.12 bits per heavy atom. The van der Waals surface area contributed by atoms with E-state index >= 15 is 0 Å². The normalized spacial score (nSPS) is 13.8. The Hall–Kier alpha value is -2.46. The van der Waals surface area contributed by atoms with Crippen LogP contribution in [0.4, 0.5) is 4.39 Å². The van der Waals surface area contributed by atoms with Gasteiger partial charge in [-0.25, -0.2) is 9.37 Å². The number of halogens is 2. The number of pyridine rings is 1. The third-order valence-electron chi connectivity index (χ3n) is 4.46. The van der Waals surface area contributed by atoms with Gasteiger partial charge in [-0.05, 0) is 37.1 Å². The number of aromatic nitrogens is 1. The van der Waals surface area contributed by atoms with Crippen molar-refractivity contribution >= 4 is 28.4 Å². The number of carbonyl (C=O) groups excluding carboxylic acids is 1. The van der Waals surface area contributed by atoms with E-state index in [0.717, 1.165) is 23.7 Å². The van der Waals surface area contributed by atoms with Gasteiger partial charge in [0.2, 0.25) is 0 Å². The number of nitrogens with zero attached hydrogens (tertiary/aromatic N) is 2. The molecule has 1 saturated carbocycles. The molecule has 0 bridgehead atoms. The fraction of sp³-hybridized carbons (Fsp3) is 0.200. The smallest absolute Gasteiger partial charge is 0.273 e. The first-order chi connectivity index (χ1) is 12.1. The minimum absolute atomic E-state index is 0.122. The van der Waals surface area contributed by atoms with Crippen LogP contribution in [0.5, 0.6) is 0 Å². The Morgan fingerprint density at radius 3 is 2.68 bits per heavy atom. The number of carbonyl (C=O) groups is 1. The van der Waals surface area contributed by atoms with Crippen LogP contribution >= 0.6 is 11.6 Å². The summed E-state index contributed by atoms with van der Waals surface area (Å²) in [6.45, 7) is 0.156. The molecule has 1 aliphatic carbocycles. The highest BCUT2D eigenvalue weighted by Gasteiger charge is 2.34. The molecule has 3 aromatic rings. The lowest BCUT2D eigenvalue weighted by atomic mass is 10.1. The van der Waals surface area contributed by atoms with E-state index in [2.05, 4.69) is 4.98 Å². The van der Waals surface area contributed by atoms with Gasteiger partial charge in [0.15, 0.2) is 0 Å². The molecule has 1 heterocycles. The molecule has 4 rings (SSSR count). The largest absolute Gasteiger partial charge is 0.330 e. The van der Waals surface area contributed by atoms with Crippen molar-refractivity contribution in [3.05, 3.63) is 76.7 Å². The Balaban J connectivity index is 1.67. The van der Waals surface area contributed by atoms with E-state index in [1.165, 1.54) is 6.07 Å². The summed E-state index contributed by atoms with van der Waals surface area (Å²) in [5, 5.41) is 1.32. The van der Waals surface area contributed by atoms with Crippen LogP contribution in [-0.2, 0) is 6.54 Å². The molecule has 126 valence electrons. The highest BCUT2D eigenvalue weighted by Crippen LogP contribution is 2.32. The van der Waals surface area contributed by atoms with Crippen LogP contribution in [0.15, 0.2) is 54.6 Å². The molecule has 0 aliphatic heterocycles. The Bertz CT molecular complexity index is 935. The van der Waals surface area contributed by atoms with Gasteiger partial charge in [0.05, 0.1) is 12.1 Å². The van der Waals surface area contributed by atoms with Crippen LogP contribution in [0.2, 0.25) is 5.02 Å². The zero-order valence-electron chi connectivity index (χ0n) is 13.5. The van der Waals surface area contributed by atoms with Crippen molar-refractivity contribution in [3.8, 4) is 0 Å². The molecule has 1 amide bonds. The first kappa shape index (κ1) is 16.0. The number of benzene rings is 2. The Kier molecular flexibility index (Phi) is 4.14. The molecule has 0 N–H and O–H groups in total. The second-order valence-corrected chi connectivity index (χ2v) is 6.66. The standard InChI is InChI=1S/C20H16ClFN2O/c21-16-5-3-6-17(22)15(16)12-24(14-9-10-14)20(25)19-11-8-13-4-1-2-7-18(13)23-19/h1-8,11,14H,9-10,12H2. The number of hydrogen-bond donors (Lipinski definition) is 0. The summed E-state index contributed by atoms with van der Waals surface area (Å²) < 4.78 is 14.1. The number of para-hydroxylation sites is 1. The van der Waals surface area contributed by atoms with Crippen LogP contribution in [0.25, 0.3) is 10.9 Å². The van der Waals surface area contributed by atoms with E-state index < -0.39 is 5.82 Å². The van der Waals surface area contributed by atoms with Crippen molar-refractivity contribution in [2.24, 2.45) is 0 Å². The van der Waals surface area contributed by atoms with E-state index in [0.29, 0.717) is 16.3 Å². The summed E-state index contributed by atoms with van der Waals surface area (Å²) in [5.74, 6) is -0.579. The zero-order valence-corrected chi connectivity index (χ0v) is 14.2. The average molecular weight is 355 g/mol. The molecule has 0 spiro atoms. The van der Waals surface area contributed by atoms with E-state index in [9.17, 15) is 9.18 Å². The molecule has 1 aromatic heterocycles. The molecule has 0 atom stereocenters. The predicted octanol–water partition coefficient (Wildman–Crippen LogP) is 4.83. The number of hydrogen-bond acceptors (Lipinski definition) is 2. The first-order valence-corrected chi connectivity index (χ1v) is 8.61. The lowest BCUT2D eigenvalue weighted by Crippen LogP contribution is -2.33. The number of rotatable bonds is 4. The highest BCUT2D eigenvalue weighted by molar-refractivity contribution is 6.31. The summed E-state index contributed by atoms with van der Waals surface area (Å²) in [5.41, 5.74) is 1.50. The summed E-state index contributed by atoms with van der Waals surface area (Å²) in [4.78, 5) is 19.2. The Morgan fingerprint density at radius 2 is 1.92 bits per heavy atom. The monoisotopic (exact) mass is 354 g/mol. The summed E-state index contributed by atoms with van der Waals surface area (Å²) in [7, 11) is 0. The molecule has 25 heavy (non-hydrogen) atoms. The molecule has 3 nitrogen and oxygen atoms in total. The third kappa shape index (κ3) is 3.22. The van der Waals surface area contributed by atoms with Gasteiger partial charge in [-0.2, -0.15) is 0 Å². The molecular formula is C20H16ClFN2O. The fourth-order valence-electron chi connectivity index (χ4n) is 2.94. The molecule has 1 fully saturated rings. The van der Waals surface area contributed by atoms with Crippen LogP contribution < -0.4 is 0 Å². The van der Waals surface area contributed by atoms with Crippen LogP contribution in [0, 0.1) is 5.82 Å². The van der Waals surface area contributed by atoms with Crippen LogP contribution in [0.3, 0.4) is 0 Å². The maximum Gasteiger partial charge on any atom is 0.273 e. The average Bonchev–Trinajstić information content (AvgIpc) is 3.45. The van der Waals surface area contributed by atoms with Crippen molar-refractivity contribution < 1.29 is 9.18 Å². The molecular weight excluding hydrogens is 339 g/mol. The van der Waals surface area contributed by atoms with Crippen molar-refractivity contribution in [1.82, 2.24) is 9.88 Å². The molecule has 5 heteroatoms. The van der Waals surface area contributed by atoms with Gasteiger partial charge in [0.25, 0.3) is 5.91 Å².